The third kappa shape index (κ3) is 4.96. The first kappa shape index (κ1) is 18.2. The maximum atomic E-state index is 9.61. The van der Waals surface area contributed by atoms with Crippen LogP contribution in [0.3, 0.4) is 0 Å². The smallest absolute Gasteiger partial charge is 0.164 e. The van der Waals surface area contributed by atoms with Gasteiger partial charge in [-0.25, -0.2) is 15.0 Å². The SMILES string of the molecule is [2H]c1c(-c2nc(-c3ccccc3)nc(-c3cccc4ccc5c6ccccc6sc5c34)n2)cc(-c2c([2H])c([2H])c([2H])c([2H])c2[2H])cc1-c1c([2H])c([2H])c([2H])c([2H])c1[2H]. The predicted octanol–water partition coefficient (Wildman–Crippen LogP) is 11.7. The molecule has 2 aromatic heterocycles. The Bertz CT molecular complexity index is 3150. The van der Waals surface area contributed by atoms with Crippen molar-refractivity contribution in [3.8, 4) is 56.4 Å². The molecular weight excluding hydrogens is 591 g/mol. The Kier molecular flexibility index (Phi) is 4.44. The Morgan fingerprint density at radius 2 is 1.13 bits per heavy atom. The van der Waals surface area contributed by atoms with Gasteiger partial charge in [-0.2, -0.15) is 0 Å². The highest BCUT2D eigenvalue weighted by molar-refractivity contribution is 7.26. The molecule has 0 aliphatic rings. The highest BCUT2D eigenvalue weighted by Gasteiger charge is 2.18. The minimum atomic E-state index is -0.623. The number of aromatic nitrogens is 3. The summed E-state index contributed by atoms with van der Waals surface area (Å²) in [4.78, 5) is 14.8. The zero-order valence-corrected chi connectivity index (χ0v) is 25.3. The van der Waals surface area contributed by atoms with E-state index in [1.807, 2.05) is 60.7 Å². The normalized spacial score (nSPS) is 14.7. The molecule has 0 saturated carbocycles. The first-order valence-corrected chi connectivity index (χ1v) is 15.6. The van der Waals surface area contributed by atoms with E-state index in [4.69, 9.17) is 28.7 Å². The number of hydrogen-bond acceptors (Lipinski definition) is 4. The molecule has 0 unspecified atom stereocenters. The van der Waals surface area contributed by atoms with Gasteiger partial charge in [0.2, 0.25) is 0 Å². The van der Waals surface area contributed by atoms with Crippen molar-refractivity contribution in [2.24, 2.45) is 0 Å². The van der Waals surface area contributed by atoms with Crippen LogP contribution in [0.1, 0.15) is 15.1 Å². The number of benzene rings is 7. The van der Waals surface area contributed by atoms with Crippen molar-refractivity contribution in [3.05, 3.63) is 164 Å². The van der Waals surface area contributed by atoms with Crippen molar-refractivity contribution in [3.63, 3.8) is 0 Å². The zero-order chi connectivity index (χ0) is 40.7. The Hall–Kier alpha value is -5.97. The van der Waals surface area contributed by atoms with E-state index in [1.165, 1.54) is 12.1 Å². The van der Waals surface area contributed by atoms with Crippen molar-refractivity contribution < 1.29 is 15.1 Å². The largest absolute Gasteiger partial charge is 0.208 e. The van der Waals surface area contributed by atoms with Crippen LogP contribution in [-0.2, 0) is 0 Å². The fourth-order valence-corrected chi connectivity index (χ4v) is 7.09. The van der Waals surface area contributed by atoms with Gasteiger partial charge in [0.05, 0.1) is 15.1 Å². The third-order valence-corrected chi connectivity index (χ3v) is 9.17. The van der Waals surface area contributed by atoms with Gasteiger partial charge in [0.15, 0.2) is 17.5 Å². The van der Waals surface area contributed by atoms with Gasteiger partial charge in [-0.1, -0.05) is 139 Å². The number of nitrogens with zero attached hydrogens (tertiary/aromatic N) is 3. The molecule has 0 N–H and O–H groups in total. The Morgan fingerprint density at radius 1 is 0.468 bits per heavy atom. The van der Waals surface area contributed by atoms with E-state index in [1.54, 1.807) is 11.3 Å². The lowest BCUT2D eigenvalue weighted by atomic mass is 9.95. The van der Waals surface area contributed by atoms with Crippen LogP contribution in [0, 0.1) is 0 Å². The molecular formula is C43H27N3S. The maximum Gasteiger partial charge on any atom is 0.164 e. The van der Waals surface area contributed by atoms with Gasteiger partial charge in [0, 0.05) is 42.2 Å². The van der Waals surface area contributed by atoms with Crippen LogP contribution in [0.2, 0.25) is 0 Å². The molecule has 47 heavy (non-hydrogen) atoms. The van der Waals surface area contributed by atoms with Crippen molar-refractivity contribution in [2.75, 3.05) is 0 Å². The molecule has 0 saturated heterocycles. The summed E-state index contributed by atoms with van der Waals surface area (Å²) in [5, 5.41) is 4.05. The number of rotatable bonds is 5. The second-order valence-corrected chi connectivity index (χ2v) is 11.9. The second kappa shape index (κ2) is 11.4. The first-order chi connectivity index (χ1) is 27.8. The third-order valence-electron chi connectivity index (χ3n) is 7.96. The average Bonchev–Trinajstić information content (AvgIpc) is 3.63. The minimum absolute atomic E-state index is 0.0131. The van der Waals surface area contributed by atoms with Gasteiger partial charge in [0.25, 0.3) is 0 Å². The highest BCUT2D eigenvalue weighted by atomic mass is 32.1. The summed E-state index contributed by atoms with van der Waals surface area (Å²) in [7, 11) is 0. The maximum absolute atomic E-state index is 9.61. The van der Waals surface area contributed by atoms with E-state index in [9.17, 15) is 1.37 Å². The zero-order valence-electron chi connectivity index (χ0n) is 35.5. The van der Waals surface area contributed by atoms with Crippen LogP contribution in [-0.4, -0.2) is 15.0 Å². The van der Waals surface area contributed by atoms with E-state index < -0.39 is 60.4 Å². The molecule has 2 heterocycles. The number of hydrogen-bond donors (Lipinski definition) is 0. The molecule has 0 fully saturated rings. The van der Waals surface area contributed by atoms with Gasteiger partial charge in [-0.15, -0.1) is 11.3 Å². The van der Waals surface area contributed by atoms with E-state index in [0.29, 0.717) is 11.1 Å². The highest BCUT2D eigenvalue weighted by Crippen LogP contribution is 2.42. The summed E-state index contributed by atoms with van der Waals surface area (Å²) < 4.78 is 97.1. The Morgan fingerprint density at radius 3 is 1.91 bits per heavy atom. The van der Waals surface area contributed by atoms with Crippen LogP contribution in [0.5, 0.6) is 0 Å². The summed E-state index contributed by atoms with van der Waals surface area (Å²) in [5.74, 6) is 0.520. The van der Waals surface area contributed by atoms with E-state index in [0.717, 1.165) is 30.9 Å². The standard InChI is InChI=1S/C43H27N3S/c1-4-13-28(14-5-1)32-25-33(29-15-6-2-7-16-29)27-34(26-32)42-44-41(31-17-8-3-9-18-31)45-43(46-42)37-21-12-19-30-23-24-36-35-20-10-11-22-38(35)47-40(36)39(30)37/h1-27H/i1D,2D,4D,5D,6D,7D,13D,14D,15D,16D,26D. The molecule has 0 bridgehead atoms. The van der Waals surface area contributed by atoms with Crippen molar-refractivity contribution in [1.29, 1.82) is 0 Å². The van der Waals surface area contributed by atoms with Crippen molar-refractivity contribution in [2.45, 2.75) is 0 Å². The molecule has 9 aromatic rings. The molecule has 7 aromatic carbocycles. The molecule has 3 nitrogen and oxygen atoms in total. The lowest BCUT2D eigenvalue weighted by Gasteiger charge is -2.13. The Balaban J connectivity index is 1.40. The van der Waals surface area contributed by atoms with E-state index in [-0.39, 0.29) is 51.3 Å². The van der Waals surface area contributed by atoms with Crippen LogP contribution >= 0.6 is 11.3 Å². The lowest BCUT2D eigenvalue weighted by Crippen LogP contribution is -2.01. The van der Waals surface area contributed by atoms with Crippen LogP contribution in [0.4, 0.5) is 0 Å². The minimum Gasteiger partial charge on any atom is -0.208 e. The fourth-order valence-electron chi connectivity index (χ4n) is 5.82. The molecule has 0 atom stereocenters. The van der Waals surface area contributed by atoms with Gasteiger partial charge >= 0.3 is 0 Å². The number of fused-ring (bicyclic) bond motifs is 5. The summed E-state index contributed by atoms with van der Waals surface area (Å²) in [6.45, 7) is 0. The van der Waals surface area contributed by atoms with E-state index >= 15 is 0 Å². The first-order valence-electron chi connectivity index (χ1n) is 20.3. The molecule has 0 aliphatic heterocycles. The number of thiophene rings is 1. The van der Waals surface area contributed by atoms with Crippen LogP contribution in [0.15, 0.2) is 164 Å². The van der Waals surface area contributed by atoms with E-state index in [2.05, 4.69) is 24.3 Å². The lowest BCUT2D eigenvalue weighted by molar-refractivity contribution is 1.08. The van der Waals surface area contributed by atoms with Crippen LogP contribution < -0.4 is 0 Å². The molecule has 0 radical (unpaired) electrons. The van der Waals surface area contributed by atoms with Crippen molar-refractivity contribution in [1.82, 2.24) is 15.0 Å². The summed E-state index contributed by atoms with van der Waals surface area (Å²) in [6.07, 6.45) is 0. The van der Waals surface area contributed by atoms with Crippen molar-refractivity contribution >= 4 is 42.3 Å². The summed E-state index contributed by atoms with van der Waals surface area (Å²) >= 11 is 1.65. The van der Waals surface area contributed by atoms with Gasteiger partial charge < -0.3 is 0 Å². The summed E-state index contributed by atoms with van der Waals surface area (Å²) in [5.41, 5.74) is 0.722. The monoisotopic (exact) mass is 628 g/mol. The van der Waals surface area contributed by atoms with Crippen LogP contribution in [0.25, 0.3) is 87.4 Å². The molecule has 0 amide bonds. The topological polar surface area (TPSA) is 38.7 Å². The fraction of sp³-hybridized carbons (Fsp3) is 0. The van der Waals surface area contributed by atoms with Gasteiger partial charge in [-0.05, 0) is 51.9 Å². The predicted molar refractivity (Wildman–Crippen MR) is 197 cm³/mol. The summed E-state index contributed by atoms with van der Waals surface area (Å²) in [6, 6.07) is 24.0. The quantitative estimate of drug-likeness (QED) is 0.190. The molecule has 220 valence electrons. The Labute approximate surface area is 292 Å². The molecule has 9 rings (SSSR count). The average molecular weight is 629 g/mol. The van der Waals surface area contributed by atoms with Gasteiger partial charge in [-0.3, -0.25) is 0 Å². The molecule has 0 spiro atoms. The molecule has 0 aliphatic carbocycles. The molecule has 4 heteroatoms. The second-order valence-electron chi connectivity index (χ2n) is 10.8. The van der Waals surface area contributed by atoms with Gasteiger partial charge in [0.1, 0.15) is 0 Å².